The molecule has 0 fully saturated rings. The Morgan fingerprint density at radius 3 is 2.62 bits per heavy atom. The number of hydrogen-bond acceptors (Lipinski definition) is 3. The zero-order chi connectivity index (χ0) is 12.3. The minimum atomic E-state index is -0.969. The molecule has 0 aromatic heterocycles. The standard InChI is InChI=1S/C10H9Cl2IO3/c1-5(16-10(13)15)9(14)7-3-2-6(11)4-8(7)12/h2-5,9,14H,1H3. The van der Waals surface area contributed by atoms with Gasteiger partial charge in [-0.25, -0.2) is 4.79 Å². The third-order valence-electron chi connectivity index (χ3n) is 2.00. The van der Waals surface area contributed by atoms with Crippen LogP contribution in [0.4, 0.5) is 4.79 Å². The van der Waals surface area contributed by atoms with Crippen LogP contribution in [0.2, 0.25) is 10.0 Å². The van der Waals surface area contributed by atoms with Crippen molar-refractivity contribution >= 4 is 49.8 Å². The summed E-state index contributed by atoms with van der Waals surface area (Å²) in [6.07, 6.45) is -1.63. The van der Waals surface area contributed by atoms with E-state index in [4.69, 9.17) is 27.9 Å². The monoisotopic (exact) mass is 374 g/mol. The maximum atomic E-state index is 10.7. The maximum Gasteiger partial charge on any atom is 0.367 e. The van der Waals surface area contributed by atoms with Gasteiger partial charge in [0, 0.05) is 15.6 Å². The third kappa shape index (κ3) is 3.76. The second-order valence-corrected chi connectivity index (χ2v) is 4.90. The number of carbonyl (C=O) groups excluding carboxylic acids is 1. The Morgan fingerprint density at radius 2 is 2.12 bits per heavy atom. The lowest BCUT2D eigenvalue weighted by molar-refractivity contribution is 0.0246. The van der Waals surface area contributed by atoms with Gasteiger partial charge in [-0.2, -0.15) is 0 Å². The highest BCUT2D eigenvalue weighted by molar-refractivity contribution is 14.1. The minimum Gasteiger partial charge on any atom is -0.452 e. The molecule has 0 saturated heterocycles. The first-order valence-corrected chi connectivity index (χ1v) is 6.24. The molecular weight excluding hydrogens is 366 g/mol. The summed E-state index contributed by atoms with van der Waals surface area (Å²) >= 11 is 13.1. The number of benzene rings is 1. The van der Waals surface area contributed by atoms with Gasteiger partial charge >= 0.3 is 3.98 Å². The minimum absolute atomic E-state index is 0.344. The average molecular weight is 375 g/mol. The molecule has 0 heterocycles. The van der Waals surface area contributed by atoms with E-state index in [0.717, 1.165) is 0 Å². The second kappa shape index (κ2) is 6.05. The van der Waals surface area contributed by atoms with Crippen molar-refractivity contribution in [3.05, 3.63) is 33.8 Å². The summed E-state index contributed by atoms with van der Waals surface area (Å²) in [4.78, 5) is 10.7. The van der Waals surface area contributed by atoms with Crippen LogP contribution in [0.1, 0.15) is 18.6 Å². The van der Waals surface area contributed by atoms with Crippen LogP contribution in [0.15, 0.2) is 18.2 Å². The fraction of sp³-hybridized carbons (Fsp3) is 0.300. The molecule has 3 nitrogen and oxygen atoms in total. The van der Waals surface area contributed by atoms with Gasteiger partial charge in [0.05, 0.1) is 22.6 Å². The zero-order valence-corrected chi connectivity index (χ0v) is 12.0. The van der Waals surface area contributed by atoms with Gasteiger partial charge in [0.1, 0.15) is 12.2 Å². The van der Waals surface area contributed by atoms with Gasteiger partial charge in [0.15, 0.2) is 0 Å². The summed E-state index contributed by atoms with van der Waals surface area (Å²) in [5.41, 5.74) is 0.483. The van der Waals surface area contributed by atoms with Gasteiger partial charge in [-0.3, -0.25) is 0 Å². The Bertz CT molecular complexity index is 398. The predicted molar refractivity (Wildman–Crippen MR) is 71.4 cm³/mol. The molecule has 0 aliphatic rings. The number of carbonyl (C=O) groups is 1. The molecular formula is C10H9Cl2IO3. The molecule has 0 aliphatic heterocycles. The molecule has 1 aromatic rings. The van der Waals surface area contributed by atoms with E-state index in [1.807, 2.05) is 0 Å². The van der Waals surface area contributed by atoms with Crippen molar-refractivity contribution < 1.29 is 14.6 Å². The summed E-state index contributed by atoms with van der Waals surface area (Å²) in [5.74, 6) is 0. The average Bonchev–Trinajstić information content (AvgIpc) is 2.15. The first-order valence-electron chi connectivity index (χ1n) is 4.41. The Balaban J connectivity index is 2.87. The van der Waals surface area contributed by atoms with Crippen LogP contribution in [0.5, 0.6) is 0 Å². The van der Waals surface area contributed by atoms with Crippen molar-refractivity contribution in [1.82, 2.24) is 0 Å². The Kier molecular flexibility index (Phi) is 5.30. The van der Waals surface area contributed by atoms with Crippen molar-refractivity contribution in [2.45, 2.75) is 19.1 Å². The van der Waals surface area contributed by atoms with E-state index >= 15 is 0 Å². The van der Waals surface area contributed by atoms with Crippen LogP contribution in [-0.4, -0.2) is 15.2 Å². The molecule has 16 heavy (non-hydrogen) atoms. The second-order valence-electron chi connectivity index (χ2n) is 3.17. The topological polar surface area (TPSA) is 46.5 Å². The highest BCUT2D eigenvalue weighted by Crippen LogP contribution is 2.29. The first-order chi connectivity index (χ1) is 7.41. The van der Waals surface area contributed by atoms with E-state index in [1.165, 1.54) is 28.7 Å². The molecule has 1 aromatic carbocycles. The molecule has 2 unspecified atom stereocenters. The smallest absolute Gasteiger partial charge is 0.367 e. The molecule has 0 amide bonds. The molecule has 2 atom stereocenters. The van der Waals surface area contributed by atoms with Gasteiger partial charge in [-0.05, 0) is 19.1 Å². The number of halogens is 3. The summed E-state index contributed by atoms with van der Waals surface area (Å²) in [6, 6.07) is 4.75. The largest absolute Gasteiger partial charge is 0.452 e. The molecule has 6 heteroatoms. The lowest BCUT2D eigenvalue weighted by Crippen LogP contribution is -2.19. The van der Waals surface area contributed by atoms with E-state index in [-0.39, 0.29) is 0 Å². The van der Waals surface area contributed by atoms with Crippen LogP contribution >= 0.6 is 45.8 Å². The van der Waals surface area contributed by atoms with E-state index in [9.17, 15) is 9.90 Å². The van der Waals surface area contributed by atoms with Gasteiger partial charge in [0.2, 0.25) is 0 Å². The maximum absolute atomic E-state index is 10.7. The highest BCUT2D eigenvalue weighted by Gasteiger charge is 2.21. The molecule has 88 valence electrons. The van der Waals surface area contributed by atoms with E-state index in [0.29, 0.717) is 15.6 Å². The lowest BCUT2D eigenvalue weighted by atomic mass is 10.1. The number of rotatable bonds is 3. The van der Waals surface area contributed by atoms with E-state index < -0.39 is 16.2 Å². The van der Waals surface area contributed by atoms with Gasteiger partial charge in [0.25, 0.3) is 0 Å². The molecule has 0 aliphatic carbocycles. The van der Waals surface area contributed by atoms with E-state index in [2.05, 4.69) is 0 Å². The van der Waals surface area contributed by atoms with Crippen molar-refractivity contribution in [3.63, 3.8) is 0 Å². The number of ether oxygens (including phenoxy) is 1. The van der Waals surface area contributed by atoms with Gasteiger partial charge < -0.3 is 9.84 Å². The van der Waals surface area contributed by atoms with E-state index in [1.54, 1.807) is 19.1 Å². The van der Waals surface area contributed by atoms with Crippen LogP contribution in [0.25, 0.3) is 0 Å². The molecule has 0 bridgehead atoms. The normalized spacial score (nSPS) is 14.3. The van der Waals surface area contributed by atoms with Crippen molar-refractivity contribution in [2.75, 3.05) is 0 Å². The Labute approximate surface area is 117 Å². The molecule has 0 radical (unpaired) electrons. The van der Waals surface area contributed by atoms with Gasteiger partial charge in [-0.1, -0.05) is 29.3 Å². The highest BCUT2D eigenvalue weighted by atomic mass is 127. The predicted octanol–water partition coefficient (Wildman–Crippen LogP) is 3.99. The summed E-state index contributed by atoms with van der Waals surface area (Å²) in [6.45, 7) is 1.59. The van der Waals surface area contributed by atoms with Crippen molar-refractivity contribution in [2.24, 2.45) is 0 Å². The van der Waals surface area contributed by atoms with Crippen molar-refractivity contribution in [1.29, 1.82) is 0 Å². The molecule has 0 spiro atoms. The fourth-order valence-corrected chi connectivity index (χ4v) is 2.13. The third-order valence-corrected chi connectivity index (χ3v) is 2.82. The van der Waals surface area contributed by atoms with Crippen molar-refractivity contribution in [3.8, 4) is 0 Å². The first kappa shape index (κ1) is 14.0. The quantitative estimate of drug-likeness (QED) is 0.642. The summed E-state index contributed by atoms with van der Waals surface area (Å²) < 4.78 is 4.38. The number of aliphatic hydroxyl groups is 1. The van der Waals surface area contributed by atoms with Crippen LogP contribution in [0, 0.1) is 0 Å². The van der Waals surface area contributed by atoms with Crippen LogP contribution < -0.4 is 0 Å². The van der Waals surface area contributed by atoms with Crippen LogP contribution in [0.3, 0.4) is 0 Å². The molecule has 1 rings (SSSR count). The molecule has 0 saturated carbocycles. The number of hydrogen-bond donors (Lipinski definition) is 1. The Hall–Kier alpha value is -0.0400. The van der Waals surface area contributed by atoms with Crippen LogP contribution in [-0.2, 0) is 4.74 Å². The number of aliphatic hydroxyl groups excluding tert-OH is 1. The zero-order valence-electron chi connectivity index (χ0n) is 8.28. The summed E-state index contributed by atoms with van der Waals surface area (Å²) in [7, 11) is 0. The lowest BCUT2D eigenvalue weighted by Gasteiger charge is -2.19. The van der Waals surface area contributed by atoms with Gasteiger partial charge in [-0.15, -0.1) is 0 Å². The Morgan fingerprint density at radius 1 is 1.50 bits per heavy atom. The SMILES string of the molecule is CC(OC(=O)I)C(O)c1ccc(Cl)cc1Cl. The molecule has 1 N–H and O–H groups in total. The summed E-state index contributed by atoms with van der Waals surface area (Å²) in [5, 5.41) is 10.7. The fourth-order valence-electron chi connectivity index (χ4n) is 1.20.